The summed E-state index contributed by atoms with van der Waals surface area (Å²) in [5, 5.41) is 3.43. The second-order valence-corrected chi connectivity index (χ2v) is 8.87. The van der Waals surface area contributed by atoms with E-state index in [1.165, 1.54) is 0 Å². The van der Waals surface area contributed by atoms with Gasteiger partial charge in [0.05, 0.1) is 23.2 Å². The summed E-state index contributed by atoms with van der Waals surface area (Å²) in [5.41, 5.74) is 1.000. The van der Waals surface area contributed by atoms with Gasteiger partial charge in [0.15, 0.2) is 5.78 Å². The third-order valence-electron chi connectivity index (χ3n) is 5.71. The van der Waals surface area contributed by atoms with Crippen molar-refractivity contribution in [2.24, 2.45) is 5.92 Å². The van der Waals surface area contributed by atoms with E-state index in [-0.39, 0.29) is 30.1 Å². The molecule has 0 aromatic heterocycles. The van der Waals surface area contributed by atoms with Crippen LogP contribution in [0.2, 0.25) is 10.0 Å². The summed E-state index contributed by atoms with van der Waals surface area (Å²) in [7, 11) is 0. The summed E-state index contributed by atoms with van der Waals surface area (Å²) < 4.78 is 5.59. The highest BCUT2D eigenvalue weighted by Gasteiger charge is 2.28. The molecule has 3 rings (SSSR count). The van der Waals surface area contributed by atoms with Crippen molar-refractivity contribution in [3.8, 4) is 5.75 Å². The van der Waals surface area contributed by atoms with E-state index >= 15 is 0 Å². The Morgan fingerprint density at radius 2 is 1.67 bits per heavy atom. The minimum absolute atomic E-state index is 0.0103. The Bertz CT molecular complexity index is 986. The molecule has 176 valence electrons. The average Bonchev–Trinajstić information content (AvgIpc) is 2.84. The lowest BCUT2D eigenvalue weighted by Gasteiger charge is -2.31. The van der Waals surface area contributed by atoms with Crippen LogP contribution in [0.25, 0.3) is 0 Å². The van der Waals surface area contributed by atoms with Crippen molar-refractivity contribution in [2.45, 2.75) is 32.6 Å². The summed E-state index contributed by atoms with van der Waals surface area (Å²) in [6.45, 7) is 3.59. The van der Waals surface area contributed by atoms with Gasteiger partial charge >= 0.3 is 0 Å². The standard InChI is InChI=1S/C25H28Cl2N2O4/c1-2-3-14-33-20-7-4-18(5-8-20)25(32)28-16-23(30)29-12-10-17(11-13-29)24(31)19-6-9-21(26)22(27)15-19/h4-9,15,17H,2-3,10-14,16H2,1H3,(H,28,32). The maximum Gasteiger partial charge on any atom is 0.251 e. The molecule has 1 fully saturated rings. The molecule has 0 aliphatic carbocycles. The molecule has 2 aromatic carbocycles. The minimum atomic E-state index is -0.312. The molecule has 2 aromatic rings. The second-order valence-electron chi connectivity index (χ2n) is 8.06. The van der Waals surface area contributed by atoms with Gasteiger partial charge in [-0.2, -0.15) is 0 Å². The number of nitrogens with one attached hydrogen (secondary N) is 1. The Hall–Kier alpha value is -2.57. The van der Waals surface area contributed by atoms with E-state index in [0.717, 1.165) is 18.6 Å². The fourth-order valence-corrected chi connectivity index (χ4v) is 3.98. The van der Waals surface area contributed by atoms with Gasteiger partial charge in [-0.25, -0.2) is 0 Å². The van der Waals surface area contributed by atoms with Crippen molar-refractivity contribution in [1.82, 2.24) is 10.2 Å². The van der Waals surface area contributed by atoms with Crippen molar-refractivity contribution in [2.75, 3.05) is 26.2 Å². The first kappa shape index (κ1) is 25.1. The number of Topliss-reactive ketones (excluding diaryl/α,β-unsaturated/α-hetero) is 1. The van der Waals surface area contributed by atoms with Crippen LogP contribution in [0.1, 0.15) is 53.3 Å². The zero-order valence-electron chi connectivity index (χ0n) is 18.6. The van der Waals surface area contributed by atoms with Gasteiger partial charge in [-0.15, -0.1) is 0 Å². The van der Waals surface area contributed by atoms with Crippen LogP contribution in [0.4, 0.5) is 0 Å². The predicted molar refractivity (Wildman–Crippen MR) is 129 cm³/mol. The van der Waals surface area contributed by atoms with Gasteiger partial charge in [-0.05, 0) is 61.7 Å². The number of carbonyl (C=O) groups is 3. The number of amides is 2. The van der Waals surface area contributed by atoms with E-state index < -0.39 is 0 Å². The van der Waals surface area contributed by atoms with Gasteiger partial charge in [0.25, 0.3) is 5.91 Å². The maximum absolute atomic E-state index is 12.7. The third-order valence-corrected chi connectivity index (χ3v) is 6.44. The zero-order chi connectivity index (χ0) is 23.8. The van der Waals surface area contributed by atoms with Crippen molar-refractivity contribution < 1.29 is 19.1 Å². The molecule has 0 unspecified atom stereocenters. The monoisotopic (exact) mass is 490 g/mol. The van der Waals surface area contributed by atoms with E-state index in [9.17, 15) is 14.4 Å². The van der Waals surface area contributed by atoms with Crippen LogP contribution in [0.5, 0.6) is 5.75 Å². The Morgan fingerprint density at radius 3 is 2.30 bits per heavy atom. The molecule has 1 aliphatic heterocycles. The van der Waals surface area contributed by atoms with Gasteiger partial charge in [0.1, 0.15) is 5.75 Å². The first-order valence-corrected chi connectivity index (χ1v) is 11.9. The first-order valence-electron chi connectivity index (χ1n) is 11.2. The molecule has 1 N–H and O–H groups in total. The molecule has 1 aliphatic rings. The highest BCUT2D eigenvalue weighted by Crippen LogP contribution is 2.27. The Balaban J connectivity index is 1.43. The lowest BCUT2D eigenvalue weighted by atomic mass is 9.89. The average molecular weight is 491 g/mol. The number of hydrogen-bond donors (Lipinski definition) is 1. The predicted octanol–water partition coefficient (Wildman–Crippen LogP) is 5.02. The summed E-state index contributed by atoms with van der Waals surface area (Å²) >= 11 is 11.9. The van der Waals surface area contributed by atoms with Crippen LogP contribution in [0, 0.1) is 5.92 Å². The molecule has 33 heavy (non-hydrogen) atoms. The number of ether oxygens (including phenoxy) is 1. The number of benzene rings is 2. The molecule has 0 bridgehead atoms. The number of likely N-dealkylation sites (tertiary alicyclic amines) is 1. The lowest BCUT2D eigenvalue weighted by molar-refractivity contribution is -0.131. The topological polar surface area (TPSA) is 75.7 Å². The molecular weight excluding hydrogens is 463 g/mol. The summed E-state index contributed by atoms with van der Waals surface area (Å²) in [6.07, 6.45) is 3.17. The van der Waals surface area contributed by atoms with Crippen molar-refractivity contribution in [3.63, 3.8) is 0 Å². The zero-order valence-corrected chi connectivity index (χ0v) is 20.1. The van der Waals surface area contributed by atoms with Gasteiger partial charge in [0, 0.05) is 30.1 Å². The van der Waals surface area contributed by atoms with E-state index in [1.807, 2.05) is 0 Å². The van der Waals surface area contributed by atoms with Crippen LogP contribution >= 0.6 is 23.2 Å². The molecule has 0 radical (unpaired) electrons. The minimum Gasteiger partial charge on any atom is -0.494 e. The van der Waals surface area contributed by atoms with Crippen molar-refractivity contribution in [3.05, 3.63) is 63.6 Å². The number of carbonyl (C=O) groups excluding carboxylic acids is 3. The largest absolute Gasteiger partial charge is 0.494 e. The van der Waals surface area contributed by atoms with Gasteiger partial charge in [-0.3, -0.25) is 14.4 Å². The van der Waals surface area contributed by atoms with Crippen molar-refractivity contribution in [1.29, 1.82) is 0 Å². The third kappa shape index (κ3) is 6.95. The summed E-state index contributed by atoms with van der Waals surface area (Å²) in [5.74, 6) is 0.0841. The van der Waals surface area contributed by atoms with Crippen LogP contribution in [0.15, 0.2) is 42.5 Å². The van der Waals surface area contributed by atoms with Crippen LogP contribution in [-0.4, -0.2) is 48.7 Å². The summed E-state index contributed by atoms with van der Waals surface area (Å²) in [6, 6.07) is 11.7. The molecular formula is C25H28Cl2N2O4. The van der Waals surface area contributed by atoms with Crippen LogP contribution in [-0.2, 0) is 4.79 Å². The molecule has 6 nitrogen and oxygen atoms in total. The van der Waals surface area contributed by atoms with Gasteiger partial charge in [0.2, 0.25) is 5.91 Å². The fourth-order valence-electron chi connectivity index (χ4n) is 3.68. The molecule has 1 saturated heterocycles. The van der Waals surface area contributed by atoms with Gasteiger partial charge in [-0.1, -0.05) is 36.5 Å². The van der Waals surface area contributed by atoms with Crippen LogP contribution in [0.3, 0.4) is 0 Å². The van der Waals surface area contributed by atoms with Crippen molar-refractivity contribution >= 4 is 40.8 Å². The SMILES string of the molecule is CCCCOc1ccc(C(=O)NCC(=O)N2CCC(C(=O)c3ccc(Cl)c(Cl)c3)CC2)cc1. The number of hydrogen-bond acceptors (Lipinski definition) is 4. The number of rotatable bonds is 9. The molecule has 8 heteroatoms. The number of ketones is 1. The van der Waals surface area contributed by atoms with E-state index in [4.69, 9.17) is 27.9 Å². The molecule has 1 heterocycles. The first-order chi connectivity index (χ1) is 15.9. The highest BCUT2D eigenvalue weighted by atomic mass is 35.5. The maximum atomic E-state index is 12.7. The number of nitrogens with zero attached hydrogens (tertiary/aromatic N) is 1. The number of unbranched alkanes of at least 4 members (excludes halogenated alkanes) is 1. The Morgan fingerprint density at radius 1 is 1.00 bits per heavy atom. The number of piperidine rings is 1. The Kier molecular flexibility index (Phi) is 9.15. The molecule has 0 spiro atoms. The molecule has 0 saturated carbocycles. The molecule has 2 amide bonds. The lowest BCUT2D eigenvalue weighted by Crippen LogP contribution is -2.45. The molecule has 0 atom stereocenters. The van der Waals surface area contributed by atoms with E-state index in [0.29, 0.717) is 53.7 Å². The smallest absolute Gasteiger partial charge is 0.251 e. The second kappa shape index (κ2) is 12.1. The normalized spacial score (nSPS) is 14.1. The summed E-state index contributed by atoms with van der Waals surface area (Å²) in [4.78, 5) is 39.3. The Labute approximate surface area is 204 Å². The highest BCUT2D eigenvalue weighted by molar-refractivity contribution is 6.42. The quantitative estimate of drug-likeness (QED) is 0.395. The van der Waals surface area contributed by atoms with Gasteiger partial charge < -0.3 is 15.0 Å². The van der Waals surface area contributed by atoms with E-state index in [1.54, 1.807) is 47.4 Å². The van der Waals surface area contributed by atoms with E-state index in [2.05, 4.69) is 12.2 Å². The number of halogens is 2. The van der Waals surface area contributed by atoms with Crippen LogP contribution < -0.4 is 10.1 Å². The fraction of sp³-hybridized carbons (Fsp3) is 0.400.